The molecule has 0 saturated carbocycles. The van der Waals surface area contributed by atoms with Crippen LogP contribution in [0.1, 0.15) is 11.4 Å². The Bertz CT molecular complexity index is 1200. The Hall–Kier alpha value is -3.40. The lowest BCUT2D eigenvalue weighted by Crippen LogP contribution is -2.47. The van der Waals surface area contributed by atoms with Crippen LogP contribution in [0.5, 0.6) is 0 Å². The summed E-state index contributed by atoms with van der Waals surface area (Å²) in [5.41, 5.74) is 16.6. The summed E-state index contributed by atoms with van der Waals surface area (Å²) in [6.07, 6.45) is 0. The Morgan fingerprint density at radius 1 is 1.11 bits per heavy atom. The number of benzene rings is 2. The van der Waals surface area contributed by atoms with Crippen LogP contribution in [0.4, 0.5) is 23.0 Å². The van der Waals surface area contributed by atoms with Crippen molar-refractivity contribution in [2.45, 2.75) is 13.8 Å². The lowest BCUT2D eigenvalue weighted by atomic mass is 10.0. The SMILES string of the molecule is Cc1nc(/N=C(\N)Nc2c(C)cc(-c3ccccc3Cl)cc2N)cc(N2CCN(CCO)CC2)n1. The van der Waals surface area contributed by atoms with Gasteiger partial charge in [-0.1, -0.05) is 29.8 Å². The number of nitrogens with two attached hydrogens (primary N) is 2. The number of hydrogen-bond donors (Lipinski definition) is 4. The third-order valence-corrected chi connectivity index (χ3v) is 6.29. The van der Waals surface area contributed by atoms with E-state index in [-0.39, 0.29) is 12.6 Å². The zero-order valence-electron chi connectivity index (χ0n) is 20.0. The minimum Gasteiger partial charge on any atom is -0.397 e. The molecule has 0 bridgehead atoms. The second-order valence-corrected chi connectivity index (χ2v) is 8.95. The van der Waals surface area contributed by atoms with Gasteiger partial charge in [-0.15, -0.1) is 0 Å². The summed E-state index contributed by atoms with van der Waals surface area (Å²) in [7, 11) is 0. The summed E-state index contributed by atoms with van der Waals surface area (Å²) >= 11 is 6.36. The number of halogens is 1. The number of aryl methyl sites for hydroxylation is 2. The van der Waals surface area contributed by atoms with Crippen molar-refractivity contribution in [3.8, 4) is 11.1 Å². The standard InChI is InChI=1S/C25H31ClN8O/c1-16-13-18(19-5-3-4-6-20(19)26)14-21(27)24(16)32-25(28)31-22-15-23(30-17(2)29-22)34-9-7-33(8-10-34)11-12-35/h3-6,13-15,35H,7-12,27H2,1-2H3,(H3,28,29,30,31,32). The molecule has 184 valence electrons. The van der Waals surface area contributed by atoms with Crippen LogP contribution in [0.15, 0.2) is 47.5 Å². The van der Waals surface area contributed by atoms with Crippen molar-refractivity contribution in [1.29, 1.82) is 0 Å². The number of aromatic nitrogens is 2. The quantitative estimate of drug-likeness (QED) is 0.233. The van der Waals surface area contributed by atoms with Crippen molar-refractivity contribution in [1.82, 2.24) is 14.9 Å². The maximum Gasteiger partial charge on any atom is 0.199 e. The van der Waals surface area contributed by atoms with Crippen molar-refractivity contribution in [3.05, 3.63) is 58.9 Å². The molecule has 0 amide bonds. The van der Waals surface area contributed by atoms with Gasteiger partial charge in [0.05, 0.1) is 18.0 Å². The molecule has 10 heteroatoms. The highest BCUT2D eigenvalue weighted by Gasteiger charge is 2.19. The highest BCUT2D eigenvalue weighted by molar-refractivity contribution is 6.33. The second-order valence-electron chi connectivity index (χ2n) is 8.54. The topological polar surface area (TPSA) is 129 Å². The maximum atomic E-state index is 9.15. The molecule has 1 saturated heterocycles. The normalized spacial score (nSPS) is 14.9. The zero-order valence-corrected chi connectivity index (χ0v) is 20.8. The van der Waals surface area contributed by atoms with E-state index in [9.17, 15) is 0 Å². The number of aliphatic hydroxyl groups excluding tert-OH is 1. The molecular formula is C25H31ClN8O. The number of nitrogens with one attached hydrogen (secondary N) is 1. The van der Waals surface area contributed by atoms with E-state index < -0.39 is 0 Å². The van der Waals surface area contributed by atoms with Crippen LogP contribution >= 0.6 is 11.6 Å². The lowest BCUT2D eigenvalue weighted by molar-refractivity contribution is 0.188. The third kappa shape index (κ3) is 6.00. The summed E-state index contributed by atoms with van der Waals surface area (Å²) in [6.45, 7) is 8.03. The van der Waals surface area contributed by atoms with Crippen molar-refractivity contribution in [2.24, 2.45) is 10.7 Å². The number of anilines is 3. The molecule has 1 aromatic heterocycles. The molecule has 2 heterocycles. The van der Waals surface area contributed by atoms with Crippen LogP contribution < -0.4 is 21.7 Å². The number of guanidine groups is 1. The smallest absolute Gasteiger partial charge is 0.199 e. The highest BCUT2D eigenvalue weighted by Crippen LogP contribution is 2.34. The average Bonchev–Trinajstić information content (AvgIpc) is 2.82. The number of nitrogen functional groups attached to an aromatic ring is 1. The van der Waals surface area contributed by atoms with Gasteiger partial charge in [0.15, 0.2) is 11.8 Å². The predicted octanol–water partition coefficient (Wildman–Crippen LogP) is 3.17. The van der Waals surface area contributed by atoms with Gasteiger partial charge in [0.1, 0.15) is 11.6 Å². The van der Waals surface area contributed by atoms with Gasteiger partial charge in [0, 0.05) is 49.4 Å². The number of aliphatic hydroxyl groups is 1. The number of rotatable bonds is 6. The van der Waals surface area contributed by atoms with E-state index in [1.165, 1.54) is 0 Å². The van der Waals surface area contributed by atoms with E-state index >= 15 is 0 Å². The Balaban J connectivity index is 1.52. The molecule has 1 aliphatic heterocycles. The third-order valence-electron chi connectivity index (χ3n) is 5.96. The summed E-state index contributed by atoms with van der Waals surface area (Å²) in [5.74, 6) is 2.08. The van der Waals surface area contributed by atoms with E-state index in [1.807, 2.05) is 56.3 Å². The van der Waals surface area contributed by atoms with Crippen molar-refractivity contribution < 1.29 is 5.11 Å². The molecule has 0 unspecified atom stereocenters. The van der Waals surface area contributed by atoms with Gasteiger partial charge in [0.25, 0.3) is 0 Å². The first-order valence-electron chi connectivity index (χ1n) is 11.5. The predicted molar refractivity (Wildman–Crippen MR) is 143 cm³/mol. The first-order chi connectivity index (χ1) is 16.8. The molecule has 6 N–H and O–H groups in total. The fourth-order valence-electron chi connectivity index (χ4n) is 4.21. The zero-order chi connectivity index (χ0) is 24.9. The molecule has 9 nitrogen and oxygen atoms in total. The number of aliphatic imine (C=N–C) groups is 1. The lowest BCUT2D eigenvalue weighted by Gasteiger charge is -2.35. The molecule has 4 rings (SSSR count). The van der Waals surface area contributed by atoms with E-state index in [0.717, 1.165) is 48.7 Å². The average molecular weight is 495 g/mol. The number of piperazine rings is 1. The second kappa shape index (κ2) is 10.9. The van der Waals surface area contributed by atoms with Crippen molar-refractivity contribution in [3.63, 3.8) is 0 Å². The van der Waals surface area contributed by atoms with E-state index in [4.69, 9.17) is 28.2 Å². The Labute approximate surface area is 210 Å². The molecular weight excluding hydrogens is 464 g/mol. The summed E-state index contributed by atoms with van der Waals surface area (Å²) in [4.78, 5) is 17.9. The number of β-amino-alcohol motifs (C(OH)–C–C–N with tert-alkyl or cyclic N) is 1. The van der Waals surface area contributed by atoms with Crippen LogP contribution in [-0.2, 0) is 0 Å². The van der Waals surface area contributed by atoms with Crippen LogP contribution in [0.3, 0.4) is 0 Å². The number of nitrogens with zero attached hydrogens (tertiary/aromatic N) is 5. The summed E-state index contributed by atoms with van der Waals surface area (Å²) < 4.78 is 0. The van der Waals surface area contributed by atoms with Gasteiger partial charge in [-0.25, -0.2) is 9.97 Å². The molecule has 2 aromatic carbocycles. The van der Waals surface area contributed by atoms with Crippen molar-refractivity contribution in [2.75, 3.05) is 55.3 Å². The Kier molecular flexibility index (Phi) is 7.70. The fraction of sp³-hybridized carbons (Fsp3) is 0.320. The van der Waals surface area contributed by atoms with Gasteiger partial charge in [-0.3, -0.25) is 4.90 Å². The molecule has 1 fully saturated rings. The largest absolute Gasteiger partial charge is 0.397 e. The maximum absolute atomic E-state index is 9.15. The summed E-state index contributed by atoms with van der Waals surface area (Å²) in [5, 5.41) is 12.9. The van der Waals surface area contributed by atoms with Gasteiger partial charge >= 0.3 is 0 Å². The van der Waals surface area contributed by atoms with Gasteiger partial charge in [-0.05, 0) is 43.2 Å². The molecule has 0 radical (unpaired) electrons. The van der Waals surface area contributed by atoms with E-state index in [1.54, 1.807) is 0 Å². The van der Waals surface area contributed by atoms with Crippen LogP contribution in [-0.4, -0.2) is 65.3 Å². The first-order valence-corrected chi connectivity index (χ1v) is 11.9. The highest BCUT2D eigenvalue weighted by atomic mass is 35.5. The molecule has 1 aliphatic rings. The minimum absolute atomic E-state index is 0.171. The minimum atomic E-state index is 0.171. The van der Waals surface area contributed by atoms with Crippen LogP contribution in [0.25, 0.3) is 11.1 Å². The Morgan fingerprint density at radius 3 is 2.54 bits per heavy atom. The van der Waals surface area contributed by atoms with Crippen molar-refractivity contribution >= 4 is 40.6 Å². The van der Waals surface area contributed by atoms with E-state index in [2.05, 4.69) is 30.1 Å². The summed E-state index contributed by atoms with van der Waals surface area (Å²) in [6, 6.07) is 13.4. The van der Waals surface area contributed by atoms with Gasteiger partial charge in [-0.2, -0.15) is 4.99 Å². The molecule has 0 aliphatic carbocycles. The fourth-order valence-corrected chi connectivity index (χ4v) is 4.46. The first kappa shape index (κ1) is 24.7. The van der Waals surface area contributed by atoms with Crippen LogP contribution in [0, 0.1) is 13.8 Å². The molecule has 35 heavy (non-hydrogen) atoms. The molecule has 0 atom stereocenters. The Morgan fingerprint density at radius 2 is 1.86 bits per heavy atom. The number of hydrogen-bond acceptors (Lipinski definition) is 7. The van der Waals surface area contributed by atoms with Crippen LogP contribution in [0.2, 0.25) is 5.02 Å². The van der Waals surface area contributed by atoms with Gasteiger partial charge in [0.2, 0.25) is 0 Å². The monoisotopic (exact) mass is 494 g/mol. The molecule has 0 spiro atoms. The van der Waals surface area contributed by atoms with E-state index in [0.29, 0.717) is 34.6 Å². The molecule has 3 aromatic rings. The van der Waals surface area contributed by atoms with Gasteiger partial charge < -0.3 is 26.8 Å².